The summed E-state index contributed by atoms with van der Waals surface area (Å²) in [4.78, 5) is 14.1. The van der Waals surface area contributed by atoms with Gasteiger partial charge in [0.1, 0.15) is 11.9 Å². The molecule has 2 saturated heterocycles. The minimum Gasteiger partial charge on any atom is -0.364 e. The number of rotatable bonds is 3. The molecule has 6 heteroatoms. The van der Waals surface area contributed by atoms with Gasteiger partial charge in [-0.05, 0) is 39.2 Å². The van der Waals surface area contributed by atoms with Gasteiger partial charge in [-0.3, -0.25) is 9.69 Å². The van der Waals surface area contributed by atoms with E-state index in [1.54, 1.807) is 7.05 Å². The van der Waals surface area contributed by atoms with Gasteiger partial charge in [-0.15, -0.1) is 0 Å². The molecule has 3 rings (SSSR count). The Balaban J connectivity index is 1.61. The number of nitrogens with one attached hydrogen (secondary N) is 1. The van der Waals surface area contributed by atoms with Crippen LogP contribution in [-0.4, -0.2) is 48.3 Å². The van der Waals surface area contributed by atoms with Crippen molar-refractivity contribution in [2.24, 2.45) is 5.92 Å². The molecule has 0 radical (unpaired) electrons. The molecular formula is C15H23N3O3. The molecule has 6 nitrogen and oxygen atoms in total. The Morgan fingerprint density at radius 3 is 2.95 bits per heavy atom. The fraction of sp³-hybridized carbons (Fsp3) is 0.733. The van der Waals surface area contributed by atoms with Crippen molar-refractivity contribution in [3.8, 4) is 0 Å². The smallest absolute Gasteiger partial charge is 0.248 e. The number of carbonyl (C=O) groups excluding carboxylic acids is 1. The lowest BCUT2D eigenvalue weighted by molar-refractivity contribution is -0.132. The highest BCUT2D eigenvalue weighted by Gasteiger charge is 2.41. The van der Waals surface area contributed by atoms with Gasteiger partial charge in [0.2, 0.25) is 5.91 Å². The molecule has 0 saturated carbocycles. The Morgan fingerprint density at radius 1 is 1.48 bits per heavy atom. The maximum Gasteiger partial charge on any atom is 0.248 e. The minimum atomic E-state index is -0.274. The first-order chi connectivity index (χ1) is 10.1. The Hall–Kier alpha value is -1.40. The summed E-state index contributed by atoms with van der Waals surface area (Å²) in [5.74, 6) is 1.40. The molecule has 3 heterocycles. The number of fused-ring (bicyclic) bond motifs is 1. The molecule has 3 atom stereocenters. The number of hydrogen-bond donors (Lipinski definition) is 1. The second-order valence-corrected chi connectivity index (χ2v) is 6.10. The molecule has 2 aliphatic heterocycles. The fourth-order valence-electron chi connectivity index (χ4n) is 3.42. The average molecular weight is 293 g/mol. The van der Waals surface area contributed by atoms with E-state index in [0.717, 1.165) is 43.9 Å². The molecule has 0 unspecified atom stereocenters. The number of amides is 1. The van der Waals surface area contributed by atoms with Crippen LogP contribution in [0.4, 0.5) is 0 Å². The monoisotopic (exact) mass is 293 g/mol. The van der Waals surface area contributed by atoms with Gasteiger partial charge in [-0.25, -0.2) is 0 Å². The summed E-state index contributed by atoms with van der Waals surface area (Å²) in [6.45, 7) is 6.69. The molecule has 1 aromatic rings. The molecule has 0 aromatic carbocycles. The van der Waals surface area contributed by atoms with E-state index < -0.39 is 0 Å². The van der Waals surface area contributed by atoms with Crippen LogP contribution in [0, 0.1) is 19.8 Å². The van der Waals surface area contributed by atoms with Gasteiger partial charge in [0.25, 0.3) is 0 Å². The zero-order valence-electron chi connectivity index (χ0n) is 12.9. The first kappa shape index (κ1) is 14.5. The molecule has 0 bridgehead atoms. The summed E-state index contributed by atoms with van der Waals surface area (Å²) >= 11 is 0. The van der Waals surface area contributed by atoms with E-state index in [4.69, 9.17) is 9.26 Å². The largest absolute Gasteiger partial charge is 0.364 e. The van der Waals surface area contributed by atoms with Gasteiger partial charge < -0.3 is 14.6 Å². The average Bonchev–Trinajstić information content (AvgIpc) is 3.04. The number of aryl methyl sites for hydroxylation is 2. The maximum absolute atomic E-state index is 11.7. The Labute approximate surface area is 124 Å². The highest BCUT2D eigenvalue weighted by atomic mass is 16.5. The number of ether oxygens (including phenoxy) is 1. The Bertz CT molecular complexity index is 509. The lowest BCUT2D eigenvalue weighted by Gasteiger charge is -2.33. The van der Waals surface area contributed by atoms with Crippen LogP contribution in [0.25, 0.3) is 0 Å². The quantitative estimate of drug-likeness (QED) is 0.901. The van der Waals surface area contributed by atoms with Crippen molar-refractivity contribution in [2.75, 3.05) is 20.1 Å². The van der Waals surface area contributed by atoms with E-state index in [-0.39, 0.29) is 18.1 Å². The third-order valence-electron chi connectivity index (χ3n) is 4.74. The number of carbonyl (C=O) groups is 1. The predicted molar refractivity (Wildman–Crippen MR) is 76.7 cm³/mol. The number of likely N-dealkylation sites (tertiary alicyclic amines) is 1. The van der Waals surface area contributed by atoms with Gasteiger partial charge in [-0.1, -0.05) is 5.16 Å². The zero-order chi connectivity index (χ0) is 15.0. The summed E-state index contributed by atoms with van der Waals surface area (Å²) in [6, 6.07) is 0. The third kappa shape index (κ3) is 2.82. The topological polar surface area (TPSA) is 67.6 Å². The van der Waals surface area contributed by atoms with Crippen molar-refractivity contribution in [3.63, 3.8) is 0 Å². The van der Waals surface area contributed by atoms with Crippen LogP contribution in [0.3, 0.4) is 0 Å². The van der Waals surface area contributed by atoms with E-state index in [1.165, 1.54) is 5.56 Å². The molecular weight excluding hydrogens is 270 g/mol. The fourth-order valence-corrected chi connectivity index (χ4v) is 3.42. The summed E-state index contributed by atoms with van der Waals surface area (Å²) in [7, 11) is 1.66. The van der Waals surface area contributed by atoms with Crippen LogP contribution in [-0.2, 0) is 16.1 Å². The number of hydrogen-bond acceptors (Lipinski definition) is 5. The molecule has 2 aliphatic rings. The number of aromatic nitrogens is 1. The molecule has 1 aromatic heterocycles. The third-order valence-corrected chi connectivity index (χ3v) is 4.74. The molecule has 0 aliphatic carbocycles. The lowest BCUT2D eigenvalue weighted by Crippen LogP contribution is -2.42. The van der Waals surface area contributed by atoms with E-state index >= 15 is 0 Å². The standard InChI is InChI=1S/C15H23N3O3/c1-9-12(10(2)21-17-9)7-18-5-4-11-6-13(15(19)16-3)20-14(11)8-18/h11,13-14H,4-8H2,1-3H3,(H,16,19)/t11-,13+,14-/m0/s1. The van der Waals surface area contributed by atoms with Gasteiger partial charge in [-0.2, -0.15) is 0 Å². The van der Waals surface area contributed by atoms with Crippen LogP contribution in [0.1, 0.15) is 29.9 Å². The Morgan fingerprint density at radius 2 is 2.29 bits per heavy atom. The van der Waals surface area contributed by atoms with Crippen molar-refractivity contribution in [3.05, 3.63) is 17.0 Å². The second kappa shape index (κ2) is 5.77. The molecule has 2 fully saturated rings. The first-order valence-corrected chi connectivity index (χ1v) is 7.59. The van der Waals surface area contributed by atoms with Gasteiger partial charge in [0.05, 0.1) is 11.8 Å². The molecule has 1 amide bonds. The summed E-state index contributed by atoms with van der Waals surface area (Å²) in [5, 5.41) is 6.69. The zero-order valence-corrected chi connectivity index (χ0v) is 12.9. The molecule has 116 valence electrons. The first-order valence-electron chi connectivity index (χ1n) is 7.59. The van der Waals surface area contributed by atoms with Crippen molar-refractivity contribution < 1.29 is 14.1 Å². The highest BCUT2D eigenvalue weighted by Crippen LogP contribution is 2.34. The maximum atomic E-state index is 11.7. The van der Waals surface area contributed by atoms with E-state index in [1.807, 2.05) is 13.8 Å². The summed E-state index contributed by atoms with van der Waals surface area (Å²) in [5.41, 5.74) is 2.14. The van der Waals surface area contributed by atoms with E-state index in [0.29, 0.717) is 5.92 Å². The second-order valence-electron chi connectivity index (χ2n) is 6.10. The number of likely N-dealkylation sites (N-methyl/N-ethyl adjacent to an activating group) is 1. The van der Waals surface area contributed by atoms with Crippen LogP contribution in [0.15, 0.2) is 4.52 Å². The van der Waals surface area contributed by atoms with Crippen molar-refractivity contribution in [1.82, 2.24) is 15.4 Å². The van der Waals surface area contributed by atoms with Gasteiger partial charge in [0.15, 0.2) is 0 Å². The van der Waals surface area contributed by atoms with Crippen LogP contribution in [0.5, 0.6) is 0 Å². The van der Waals surface area contributed by atoms with E-state index in [9.17, 15) is 4.79 Å². The minimum absolute atomic E-state index is 0.00155. The highest BCUT2D eigenvalue weighted by molar-refractivity contribution is 5.80. The molecule has 1 N–H and O–H groups in total. The number of piperidine rings is 1. The van der Waals surface area contributed by atoms with Gasteiger partial charge >= 0.3 is 0 Å². The molecule has 21 heavy (non-hydrogen) atoms. The van der Waals surface area contributed by atoms with Crippen LogP contribution in [0.2, 0.25) is 0 Å². The van der Waals surface area contributed by atoms with Gasteiger partial charge in [0, 0.05) is 25.7 Å². The van der Waals surface area contributed by atoms with Crippen LogP contribution >= 0.6 is 0 Å². The van der Waals surface area contributed by atoms with Crippen molar-refractivity contribution in [2.45, 2.75) is 45.4 Å². The van der Waals surface area contributed by atoms with Crippen molar-refractivity contribution >= 4 is 5.91 Å². The number of nitrogens with zero attached hydrogens (tertiary/aromatic N) is 2. The van der Waals surface area contributed by atoms with Crippen LogP contribution < -0.4 is 5.32 Å². The van der Waals surface area contributed by atoms with Crippen molar-refractivity contribution in [1.29, 1.82) is 0 Å². The summed E-state index contributed by atoms with van der Waals surface area (Å²) < 4.78 is 11.2. The predicted octanol–water partition coefficient (Wildman–Crippen LogP) is 1.02. The lowest BCUT2D eigenvalue weighted by atomic mass is 9.91. The normalized spacial score (nSPS) is 29.4. The SMILES string of the molecule is CNC(=O)[C@H]1C[C@@H]2CCN(Cc3c(C)noc3C)C[C@@H]2O1. The Kier molecular flexibility index (Phi) is 3.99. The molecule has 0 spiro atoms. The van der Waals surface area contributed by atoms with E-state index in [2.05, 4.69) is 15.4 Å². The summed E-state index contributed by atoms with van der Waals surface area (Å²) in [6.07, 6.45) is 1.83.